The zero-order chi connectivity index (χ0) is 13.9. The summed E-state index contributed by atoms with van der Waals surface area (Å²) in [4.78, 5) is 1.33. The Morgan fingerprint density at radius 2 is 1.74 bits per heavy atom. The lowest BCUT2D eigenvalue weighted by Crippen LogP contribution is -2.27. The number of hydrogen-bond donors (Lipinski definition) is 2. The molecule has 0 aliphatic carbocycles. The van der Waals surface area contributed by atoms with Crippen LogP contribution in [0.4, 0.5) is 0 Å². The summed E-state index contributed by atoms with van der Waals surface area (Å²) in [6.45, 7) is 2.27. The average molecular weight is 347 g/mol. The SMILES string of the molecule is CCCCCCCCCCC(NN)c1ccc(Br)s1. The molecule has 0 saturated carbocycles. The van der Waals surface area contributed by atoms with Crippen LogP contribution in [0, 0.1) is 0 Å². The van der Waals surface area contributed by atoms with Gasteiger partial charge in [-0.05, 0) is 34.5 Å². The number of hydrazine groups is 1. The molecule has 3 N–H and O–H groups in total. The molecule has 0 aromatic carbocycles. The molecule has 1 unspecified atom stereocenters. The largest absolute Gasteiger partial charge is 0.271 e. The summed E-state index contributed by atoms with van der Waals surface area (Å²) in [7, 11) is 0. The van der Waals surface area contributed by atoms with Crippen molar-refractivity contribution < 1.29 is 0 Å². The number of thiophene rings is 1. The molecule has 2 nitrogen and oxygen atoms in total. The molecule has 0 bridgehead atoms. The quantitative estimate of drug-likeness (QED) is 0.313. The van der Waals surface area contributed by atoms with E-state index in [9.17, 15) is 0 Å². The third-order valence-electron chi connectivity index (χ3n) is 3.48. The van der Waals surface area contributed by atoms with Crippen molar-refractivity contribution in [2.24, 2.45) is 5.84 Å². The fraction of sp³-hybridized carbons (Fsp3) is 0.733. The van der Waals surface area contributed by atoms with Gasteiger partial charge in [-0.3, -0.25) is 11.3 Å². The Morgan fingerprint density at radius 1 is 1.11 bits per heavy atom. The lowest BCUT2D eigenvalue weighted by Gasteiger charge is -2.13. The van der Waals surface area contributed by atoms with E-state index < -0.39 is 0 Å². The normalized spacial score (nSPS) is 12.8. The smallest absolute Gasteiger partial charge is 0.0702 e. The molecule has 1 atom stereocenters. The lowest BCUT2D eigenvalue weighted by atomic mass is 10.0. The molecule has 4 heteroatoms. The summed E-state index contributed by atoms with van der Waals surface area (Å²) >= 11 is 5.27. The first kappa shape index (κ1) is 17.2. The van der Waals surface area contributed by atoms with E-state index >= 15 is 0 Å². The minimum Gasteiger partial charge on any atom is -0.271 e. The van der Waals surface area contributed by atoms with Crippen LogP contribution in [0.15, 0.2) is 15.9 Å². The van der Waals surface area contributed by atoms with Gasteiger partial charge in [-0.1, -0.05) is 58.3 Å². The van der Waals surface area contributed by atoms with Crippen LogP contribution in [0.2, 0.25) is 0 Å². The van der Waals surface area contributed by atoms with E-state index in [1.54, 1.807) is 11.3 Å². The monoisotopic (exact) mass is 346 g/mol. The summed E-state index contributed by atoms with van der Waals surface area (Å²) in [6, 6.07) is 4.57. The molecule has 1 aromatic heterocycles. The van der Waals surface area contributed by atoms with Gasteiger partial charge in [0.15, 0.2) is 0 Å². The highest BCUT2D eigenvalue weighted by atomic mass is 79.9. The van der Waals surface area contributed by atoms with E-state index in [4.69, 9.17) is 5.84 Å². The summed E-state index contributed by atoms with van der Waals surface area (Å²) in [5, 5.41) is 0. The van der Waals surface area contributed by atoms with Gasteiger partial charge in [0, 0.05) is 4.88 Å². The highest BCUT2D eigenvalue weighted by Gasteiger charge is 2.11. The van der Waals surface area contributed by atoms with Crippen LogP contribution in [-0.4, -0.2) is 0 Å². The molecule has 19 heavy (non-hydrogen) atoms. The fourth-order valence-corrected chi connectivity index (χ4v) is 3.82. The molecule has 0 aliphatic heterocycles. The second kappa shape index (κ2) is 10.8. The van der Waals surface area contributed by atoms with Crippen molar-refractivity contribution in [2.45, 2.75) is 70.8 Å². The van der Waals surface area contributed by atoms with Crippen LogP contribution < -0.4 is 11.3 Å². The van der Waals surface area contributed by atoms with Crippen LogP contribution in [0.3, 0.4) is 0 Å². The molecule has 110 valence electrons. The van der Waals surface area contributed by atoms with E-state index in [0.29, 0.717) is 6.04 Å². The third kappa shape index (κ3) is 7.45. The first-order chi connectivity index (χ1) is 9.27. The molecular formula is C15H27BrN2S. The van der Waals surface area contributed by atoms with Gasteiger partial charge in [0.2, 0.25) is 0 Å². The third-order valence-corrected chi connectivity index (χ3v) is 5.22. The summed E-state index contributed by atoms with van der Waals surface area (Å²) in [5.74, 6) is 5.65. The van der Waals surface area contributed by atoms with Gasteiger partial charge in [-0.15, -0.1) is 11.3 Å². The molecule has 0 spiro atoms. The highest BCUT2D eigenvalue weighted by molar-refractivity contribution is 9.11. The average Bonchev–Trinajstić information content (AvgIpc) is 2.83. The predicted octanol–water partition coefficient (Wildman–Crippen LogP) is 5.55. The lowest BCUT2D eigenvalue weighted by molar-refractivity contribution is 0.480. The molecule has 1 rings (SSSR count). The van der Waals surface area contributed by atoms with Crippen molar-refractivity contribution in [3.05, 3.63) is 20.8 Å². The van der Waals surface area contributed by atoms with Crippen LogP contribution in [0.25, 0.3) is 0 Å². The van der Waals surface area contributed by atoms with E-state index in [1.165, 1.54) is 60.0 Å². The van der Waals surface area contributed by atoms with Crippen LogP contribution >= 0.6 is 27.3 Å². The van der Waals surface area contributed by atoms with Crippen molar-refractivity contribution in [1.29, 1.82) is 0 Å². The molecule has 0 aliphatic rings. The van der Waals surface area contributed by atoms with E-state index in [-0.39, 0.29) is 0 Å². The zero-order valence-corrected chi connectivity index (χ0v) is 14.4. The topological polar surface area (TPSA) is 38.0 Å². The number of nitrogens with one attached hydrogen (secondary N) is 1. The standard InChI is InChI=1S/C15H27BrN2S/c1-2-3-4-5-6-7-8-9-10-13(18-17)14-11-12-15(16)19-14/h11-13,18H,2-10,17H2,1H3. The maximum atomic E-state index is 5.65. The zero-order valence-electron chi connectivity index (χ0n) is 12.0. The number of hydrogen-bond acceptors (Lipinski definition) is 3. The Kier molecular flexibility index (Phi) is 9.78. The molecule has 0 radical (unpaired) electrons. The van der Waals surface area contributed by atoms with E-state index in [0.717, 1.165) is 6.42 Å². The minimum atomic E-state index is 0.316. The Morgan fingerprint density at radius 3 is 2.26 bits per heavy atom. The molecule has 1 aromatic rings. The Bertz CT molecular complexity index is 328. The van der Waals surface area contributed by atoms with Crippen molar-refractivity contribution in [3.63, 3.8) is 0 Å². The summed E-state index contributed by atoms with van der Waals surface area (Å²) in [5.41, 5.74) is 2.94. The summed E-state index contributed by atoms with van der Waals surface area (Å²) < 4.78 is 1.18. The molecule has 1 heterocycles. The molecular weight excluding hydrogens is 320 g/mol. The molecule has 0 amide bonds. The first-order valence-electron chi connectivity index (χ1n) is 7.49. The van der Waals surface area contributed by atoms with Crippen molar-refractivity contribution in [3.8, 4) is 0 Å². The fourth-order valence-electron chi connectivity index (χ4n) is 2.31. The molecule has 0 fully saturated rings. The van der Waals surface area contributed by atoms with Gasteiger partial charge in [-0.2, -0.15) is 0 Å². The van der Waals surface area contributed by atoms with Crippen LogP contribution in [0.1, 0.15) is 75.6 Å². The van der Waals surface area contributed by atoms with E-state index in [1.807, 2.05) is 0 Å². The maximum Gasteiger partial charge on any atom is 0.0702 e. The second-order valence-corrected chi connectivity index (χ2v) is 7.62. The predicted molar refractivity (Wildman–Crippen MR) is 89.3 cm³/mol. The number of halogens is 1. The highest BCUT2D eigenvalue weighted by Crippen LogP contribution is 2.29. The Labute approximate surface area is 130 Å². The van der Waals surface area contributed by atoms with Crippen molar-refractivity contribution in [1.82, 2.24) is 5.43 Å². The van der Waals surface area contributed by atoms with Gasteiger partial charge in [0.05, 0.1) is 9.83 Å². The number of nitrogens with two attached hydrogens (primary N) is 1. The van der Waals surface area contributed by atoms with Gasteiger partial charge in [0.25, 0.3) is 0 Å². The van der Waals surface area contributed by atoms with Crippen LogP contribution in [-0.2, 0) is 0 Å². The van der Waals surface area contributed by atoms with Crippen molar-refractivity contribution in [2.75, 3.05) is 0 Å². The van der Waals surface area contributed by atoms with Crippen molar-refractivity contribution >= 4 is 27.3 Å². The number of rotatable bonds is 11. The Balaban J connectivity index is 2.07. The van der Waals surface area contributed by atoms with Gasteiger partial charge < -0.3 is 0 Å². The van der Waals surface area contributed by atoms with Crippen LogP contribution in [0.5, 0.6) is 0 Å². The first-order valence-corrected chi connectivity index (χ1v) is 9.10. The number of unbranched alkanes of at least 4 members (excludes halogenated alkanes) is 7. The maximum absolute atomic E-state index is 5.65. The van der Waals surface area contributed by atoms with Gasteiger partial charge >= 0.3 is 0 Å². The van der Waals surface area contributed by atoms with Gasteiger partial charge in [-0.25, -0.2) is 0 Å². The van der Waals surface area contributed by atoms with Gasteiger partial charge in [0.1, 0.15) is 0 Å². The Hall–Kier alpha value is 0.1000. The van der Waals surface area contributed by atoms with E-state index in [2.05, 4.69) is 40.4 Å². The molecule has 0 saturated heterocycles. The minimum absolute atomic E-state index is 0.316. The second-order valence-electron chi connectivity index (χ2n) is 5.12. The summed E-state index contributed by atoms with van der Waals surface area (Å²) in [6.07, 6.45) is 12.0.